The summed E-state index contributed by atoms with van der Waals surface area (Å²) in [6, 6.07) is 8.42. The molecule has 1 fully saturated rings. The van der Waals surface area contributed by atoms with Crippen LogP contribution in [0.25, 0.3) is 11.4 Å². The molecule has 1 aromatic carbocycles. The first kappa shape index (κ1) is 21.4. The van der Waals surface area contributed by atoms with Gasteiger partial charge in [0, 0.05) is 36.3 Å². The van der Waals surface area contributed by atoms with E-state index in [2.05, 4.69) is 21.7 Å². The summed E-state index contributed by atoms with van der Waals surface area (Å²) in [4.78, 5) is 20.4. The first-order chi connectivity index (χ1) is 14.6. The lowest BCUT2D eigenvalue weighted by Gasteiger charge is -2.33. The Morgan fingerprint density at radius 1 is 1.13 bits per heavy atom. The Morgan fingerprint density at radius 3 is 2.73 bits per heavy atom. The average molecular weight is 429 g/mol. The summed E-state index contributed by atoms with van der Waals surface area (Å²) < 4.78 is 2.25. The molecule has 5 nitrogen and oxygen atoms in total. The van der Waals surface area contributed by atoms with Gasteiger partial charge in [-0.2, -0.15) is 0 Å². The Hall–Kier alpha value is -1.85. The predicted molar refractivity (Wildman–Crippen MR) is 122 cm³/mol. The maximum absolute atomic E-state index is 13.0. The highest BCUT2D eigenvalue weighted by atomic mass is 35.5. The van der Waals surface area contributed by atoms with Gasteiger partial charge in [-0.15, -0.1) is 0 Å². The number of likely N-dealkylation sites (tertiary alicyclic amines) is 1. The van der Waals surface area contributed by atoms with Crippen molar-refractivity contribution in [3.63, 3.8) is 0 Å². The number of imidazole rings is 1. The zero-order chi connectivity index (χ0) is 20.9. The molecule has 4 rings (SSSR count). The molecule has 3 heterocycles. The Kier molecular flexibility index (Phi) is 7.11. The van der Waals surface area contributed by atoms with Gasteiger partial charge < -0.3 is 14.8 Å². The third kappa shape index (κ3) is 4.89. The number of hydrogen-bond acceptors (Lipinski definition) is 3. The van der Waals surface area contributed by atoms with E-state index in [9.17, 15) is 4.79 Å². The number of nitrogens with one attached hydrogen (secondary N) is 1. The van der Waals surface area contributed by atoms with E-state index in [1.807, 2.05) is 24.3 Å². The Bertz CT molecular complexity index is 861. The second-order valence-corrected chi connectivity index (χ2v) is 9.13. The molecule has 0 saturated carbocycles. The van der Waals surface area contributed by atoms with Crippen molar-refractivity contribution in [1.29, 1.82) is 0 Å². The van der Waals surface area contributed by atoms with Crippen molar-refractivity contribution in [2.45, 2.75) is 70.9 Å². The predicted octanol–water partition coefficient (Wildman–Crippen LogP) is 4.92. The molecule has 162 valence electrons. The largest absolute Gasteiger partial charge is 0.351 e. The van der Waals surface area contributed by atoms with Crippen LogP contribution in [-0.2, 0) is 13.0 Å². The van der Waals surface area contributed by atoms with Gasteiger partial charge in [0.15, 0.2) is 0 Å². The highest BCUT2D eigenvalue weighted by Crippen LogP contribution is 2.28. The number of hydrogen-bond donors (Lipinski definition) is 1. The molecule has 0 radical (unpaired) electrons. The zero-order valence-corrected chi connectivity index (χ0v) is 18.8. The number of rotatable bonds is 6. The smallest absolute Gasteiger partial charge is 0.271 e. The number of piperidine rings is 1. The fourth-order valence-corrected chi connectivity index (χ4v) is 4.90. The zero-order valence-electron chi connectivity index (χ0n) is 18.0. The van der Waals surface area contributed by atoms with Crippen LogP contribution in [0.3, 0.4) is 0 Å². The number of carbonyl (C=O) groups is 1. The topological polar surface area (TPSA) is 50.2 Å². The SMILES string of the molecule is CC1CCCCN1CCCNC(=O)c1nc(-c2ccc(Cl)cc2)n2c1CCCCC2. The molecule has 1 aromatic heterocycles. The van der Waals surface area contributed by atoms with E-state index in [0.29, 0.717) is 23.3 Å². The van der Waals surface area contributed by atoms with Crippen molar-refractivity contribution in [2.75, 3.05) is 19.6 Å². The van der Waals surface area contributed by atoms with Crippen molar-refractivity contribution >= 4 is 17.5 Å². The summed E-state index contributed by atoms with van der Waals surface area (Å²) in [7, 11) is 0. The lowest BCUT2D eigenvalue weighted by atomic mass is 10.0. The van der Waals surface area contributed by atoms with Crippen molar-refractivity contribution in [3.05, 3.63) is 40.7 Å². The van der Waals surface area contributed by atoms with E-state index in [1.165, 1.54) is 32.2 Å². The lowest BCUT2D eigenvalue weighted by molar-refractivity contribution is 0.0943. The van der Waals surface area contributed by atoms with Crippen molar-refractivity contribution in [2.24, 2.45) is 0 Å². The van der Waals surface area contributed by atoms with E-state index in [-0.39, 0.29) is 5.91 Å². The summed E-state index contributed by atoms with van der Waals surface area (Å²) in [6.07, 6.45) is 9.25. The summed E-state index contributed by atoms with van der Waals surface area (Å²) in [6.45, 7) is 6.17. The molecule has 30 heavy (non-hydrogen) atoms. The first-order valence-corrected chi connectivity index (χ1v) is 11.9. The highest BCUT2D eigenvalue weighted by molar-refractivity contribution is 6.30. The quantitative estimate of drug-likeness (QED) is 0.664. The number of amides is 1. The van der Waals surface area contributed by atoms with Gasteiger partial charge in [-0.1, -0.05) is 24.4 Å². The van der Waals surface area contributed by atoms with Crippen LogP contribution in [0.15, 0.2) is 24.3 Å². The first-order valence-electron chi connectivity index (χ1n) is 11.5. The van der Waals surface area contributed by atoms with Crippen LogP contribution in [0.4, 0.5) is 0 Å². The van der Waals surface area contributed by atoms with Crippen LogP contribution >= 0.6 is 11.6 Å². The Balaban J connectivity index is 1.44. The monoisotopic (exact) mass is 428 g/mol. The second-order valence-electron chi connectivity index (χ2n) is 8.69. The molecular weight excluding hydrogens is 396 g/mol. The molecule has 1 saturated heterocycles. The molecule has 0 aliphatic carbocycles. The van der Waals surface area contributed by atoms with Gasteiger partial charge in [0.25, 0.3) is 5.91 Å². The van der Waals surface area contributed by atoms with E-state index >= 15 is 0 Å². The summed E-state index contributed by atoms with van der Waals surface area (Å²) in [5, 5.41) is 3.85. The Labute approximate surface area is 184 Å². The Morgan fingerprint density at radius 2 is 1.93 bits per heavy atom. The minimum atomic E-state index is -0.0347. The van der Waals surface area contributed by atoms with Gasteiger partial charge in [0.05, 0.1) is 5.69 Å². The average Bonchev–Trinajstić information content (AvgIpc) is 2.94. The van der Waals surface area contributed by atoms with E-state index < -0.39 is 0 Å². The third-order valence-electron chi connectivity index (χ3n) is 6.53. The number of benzene rings is 1. The second kappa shape index (κ2) is 9.97. The van der Waals surface area contributed by atoms with Crippen LogP contribution < -0.4 is 5.32 Å². The standard InChI is InChI=1S/C24H33ClN4O/c1-18-8-4-6-15-28(18)16-7-14-26-24(30)22-21-9-3-2-5-17-29(21)23(27-22)19-10-12-20(25)13-11-19/h10-13,18H,2-9,14-17H2,1H3,(H,26,30). The van der Waals surface area contributed by atoms with Gasteiger partial charge in [-0.25, -0.2) is 4.98 Å². The van der Waals surface area contributed by atoms with Gasteiger partial charge in [0.1, 0.15) is 11.5 Å². The molecule has 1 unspecified atom stereocenters. The van der Waals surface area contributed by atoms with Crippen molar-refractivity contribution in [1.82, 2.24) is 19.8 Å². The molecule has 2 aliphatic heterocycles. The lowest BCUT2D eigenvalue weighted by Crippen LogP contribution is -2.39. The van der Waals surface area contributed by atoms with Crippen LogP contribution in [0, 0.1) is 0 Å². The van der Waals surface area contributed by atoms with Crippen LogP contribution in [0.2, 0.25) is 5.02 Å². The van der Waals surface area contributed by atoms with Gasteiger partial charge in [-0.05, 0) is 76.3 Å². The minimum Gasteiger partial charge on any atom is -0.351 e. The van der Waals surface area contributed by atoms with E-state index in [4.69, 9.17) is 16.6 Å². The van der Waals surface area contributed by atoms with Gasteiger partial charge in [0.2, 0.25) is 0 Å². The fourth-order valence-electron chi connectivity index (χ4n) is 4.78. The van der Waals surface area contributed by atoms with Crippen LogP contribution in [-0.4, -0.2) is 46.0 Å². The molecule has 1 atom stereocenters. The van der Waals surface area contributed by atoms with E-state index in [0.717, 1.165) is 55.9 Å². The van der Waals surface area contributed by atoms with Crippen molar-refractivity contribution in [3.8, 4) is 11.4 Å². The number of fused-ring (bicyclic) bond motifs is 1. The minimum absolute atomic E-state index is 0.0347. The maximum Gasteiger partial charge on any atom is 0.271 e. The third-order valence-corrected chi connectivity index (χ3v) is 6.79. The molecule has 2 aliphatic rings. The number of carbonyl (C=O) groups excluding carboxylic acids is 1. The summed E-state index contributed by atoms with van der Waals surface area (Å²) in [5.74, 6) is 0.850. The molecule has 0 spiro atoms. The molecule has 6 heteroatoms. The highest BCUT2D eigenvalue weighted by Gasteiger charge is 2.24. The maximum atomic E-state index is 13.0. The molecule has 0 bridgehead atoms. The molecular formula is C24H33ClN4O. The summed E-state index contributed by atoms with van der Waals surface area (Å²) in [5.41, 5.74) is 2.70. The van der Waals surface area contributed by atoms with Crippen LogP contribution in [0.1, 0.15) is 68.1 Å². The number of aromatic nitrogens is 2. The van der Waals surface area contributed by atoms with Crippen molar-refractivity contribution < 1.29 is 4.79 Å². The number of halogens is 1. The molecule has 1 N–H and O–H groups in total. The fraction of sp³-hybridized carbons (Fsp3) is 0.583. The summed E-state index contributed by atoms with van der Waals surface area (Å²) >= 11 is 6.07. The molecule has 1 amide bonds. The van der Waals surface area contributed by atoms with Crippen LogP contribution in [0.5, 0.6) is 0 Å². The normalized spacial score (nSPS) is 19.9. The van der Waals surface area contributed by atoms with Gasteiger partial charge in [-0.3, -0.25) is 4.79 Å². The molecule has 2 aromatic rings. The van der Waals surface area contributed by atoms with E-state index in [1.54, 1.807) is 0 Å². The number of nitrogens with zero attached hydrogens (tertiary/aromatic N) is 3. The van der Waals surface area contributed by atoms with Gasteiger partial charge >= 0.3 is 0 Å².